The third kappa shape index (κ3) is 4.25. The normalized spacial score (nSPS) is 12.7. The van der Waals surface area contributed by atoms with Crippen molar-refractivity contribution in [3.63, 3.8) is 0 Å². The summed E-state index contributed by atoms with van der Waals surface area (Å²) in [6.07, 6.45) is 0. The number of phenolic OH excluding ortho intramolecular Hbond substituents is 1. The molecule has 2 N–H and O–H groups in total. The Balaban J connectivity index is 2.43. The van der Waals surface area contributed by atoms with Crippen molar-refractivity contribution in [2.45, 2.75) is 26.8 Å². The van der Waals surface area contributed by atoms with Gasteiger partial charge in [-0.15, -0.1) is 0 Å². The molecule has 0 heterocycles. The Labute approximate surface area is 152 Å². The molecule has 2 aromatic rings. The van der Waals surface area contributed by atoms with Crippen molar-refractivity contribution in [3.05, 3.63) is 59.1 Å². The molecule has 0 aromatic heterocycles. The minimum absolute atomic E-state index is 0.105. The van der Waals surface area contributed by atoms with Crippen LogP contribution in [0.3, 0.4) is 0 Å². The quantitative estimate of drug-likeness (QED) is 0.665. The molecule has 3 nitrogen and oxygen atoms in total. The summed E-state index contributed by atoms with van der Waals surface area (Å²) < 4.78 is 0. The number of nitrogens with one attached hydrogen (secondary N) is 1. The maximum Gasteiger partial charge on any atom is 0.196 e. The highest BCUT2D eigenvalue weighted by atomic mass is 35.5. The van der Waals surface area contributed by atoms with Gasteiger partial charge in [-0.25, -0.2) is 0 Å². The molecule has 5 heteroatoms. The predicted molar refractivity (Wildman–Crippen MR) is 103 cm³/mol. The molecule has 0 fully saturated rings. The maximum absolute atomic E-state index is 12.7. The lowest BCUT2D eigenvalue weighted by atomic mass is 9.81. The molecular weight excluding hydrogens is 342 g/mol. The van der Waals surface area contributed by atoms with Crippen LogP contribution in [-0.4, -0.2) is 16.0 Å². The van der Waals surface area contributed by atoms with Crippen LogP contribution in [0.5, 0.6) is 5.75 Å². The van der Waals surface area contributed by atoms with Gasteiger partial charge in [0.05, 0.1) is 17.1 Å². The summed E-state index contributed by atoms with van der Waals surface area (Å²) in [6, 6.07) is 14.2. The lowest BCUT2D eigenvalue weighted by molar-refractivity contribution is -0.118. The number of para-hydroxylation sites is 2. The zero-order valence-corrected chi connectivity index (χ0v) is 15.6. The van der Waals surface area contributed by atoms with Crippen LogP contribution in [-0.2, 0) is 4.79 Å². The number of anilines is 1. The third-order valence-corrected chi connectivity index (χ3v) is 5.26. The summed E-state index contributed by atoms with van der Waals surface area (Å²) >= 11 is 7.31. The second-order valence-electron chi connectivity index (χ2n) is 6.09. The van der Waals surface area contributed by atoms with Crippen molar-refractivity contribution >= 4 is 34.2 Å². The number of halogens is 1. The van der Waals surface area contributed by atoms with E-state index in [9.17, 15) is 9.90 Å². The van der Waals surface area contributed by atoms with Crippen LogP contribution in [0.15, 0.2) is 48.5 Å². The van der Waals surface area contributed by atoms with Crippen molar-refractivity contribution < 1.29 is 9.90 Å². The van der Waals surface area contributed by atoms with Gasteiger partial charge in [0.2, 0.25) is 0 Å². The highest BCUT2D eigenvalue weighted by Crippen LogP contribution is 2.41. The molecule has 0 saturated carbocycles. The van der Waals surface area contributed by atoms with Gasteiger partial charge in [0, 0.05) is 5.02 Å². The van der Waals surface area contributed by atoms with E-state index in [1.165, 1.54) is 11.8 Å². The van der Waals surface area contributed by atoms with Gasteiger partial charge in [0.15, 0.2) is 5.12 Å². The summed E-state index contributed by atoms with van der Waals surface area (Å²) in [5, 5.41) is 14.2. The van der Waals surface area contributed by atoms with Crippen LogP contribution in [0.25, 0.3) is 0 Å². The first-order valence-corrected chi connectivity index (χ1v) is 9.19. The van der Waals surface area contributed by atoms with Crippen LogP contribution in [0.2, 0.25) is 5.02 Å². The van der Waals surface area contributed by atoms with Gasteiger partial charge in [0.25, 0.3) is 0 Å². The fourth-order valence-corrected chi connectivity index (χ4v) is 3.40. The largest absolute Gasteiger partial charge is 0.506 e. The Bertz CT molecular complexity index is 701. The number of hydrogen-bond acceptors (Lipinski definition) is 4. The molecule has 0 spiro atoms. The van der Waals surface area contributed by atoms with Crippen molar-refractivity contribution in [2.75, 3.05) is 11.1 Å². The molecule has 0 aliphatic rings. The van der Waals surface area contributed by atoms with Crippen LogP contribution in [0.4, 0.5) is 5.69 Å². The van der Waals surface area contributed by atoms with Crippen LogP contribution in [0, 0.1) is 5.41 Å². The van der Waals surface area contributed by atoms with E-state index < -0.39 is 5.41 Å². The van der Waals surface area contributed by atoms with Crippen molar-refractivity contribution in [1.82, 2.24) is 0 Å². The van der Waals surface area contributed by atoms with Crippen molar-refractivity contribution in [1.29, 1.82) is 0 Å². The molecule has 2 aromatic carbocycles. The molecule has 0 unspecified atom stereocenters. The smallest absolute Gasteiger partial charge is 0.196 e. The first-order valence-electron chi connectivity index (χ1n) is 7.83. The lowest BCUT2D eigenvalue weighted by Crippen LogP contribution is -2.34. The van der Waals surface area contributed by atoms with Crippen LogP contribution < -0.4 is 5.32 Å². The number of aromatic hydroxyl groups is 1. The zero-order valence-electron chi connectivity index (χ0n) is 14.0. The Hall–Kier alpha value is -1.65. The zero-order chi connectivity index (χ0) is 17.7. The number of phenols is 1. The maximum atomic E-state index is 12.7. The Morgan fingerprint density at radius 3 is 2.42 bits per heavy atom. The van der Waals surface area contributed by atoms with E-state index in [4.69, 9.17) is 11.6 Å². The average Bonchev–Trinajstić information content (AvgIpc) is 2.55. The van der Waals surface area contributed by atoms with Crippen LogP contribution >= 0.6 is 23.4 Å². The SMILES string of the molecule is CCSC(=O)C(C)(C)[C@H](Nc1ccccc1O)c1ccc(Cl)cc1. The summed E-state index contributed by atoms with van der Waals surface area (Å²) in [5.74, 6) is 0.884. The molecular formula is C19H22ClNO2S. The minimum Gasteiger partial charge on any atom is -0.506 e. The van der Waals surface area contributed by atoms with Gasteiger partial charge in [-0.2, -0.15) is 0 Å². The van der Waals surface area contributed by atoms with E-state index in [-0.39, 0.29) is 16.9 Å². The summed E-state index contributed by atoms with van der Waals surface area (Å²) in [7, 11) is 0. The monoisotopic (exact) mass is 363 g/mol. The number of thioether (sulfide) groups is 1. The minimum atomic E-state index is -0.670. The molecule has 0 aliphatic carbocycles. The number of hydrogen-bond donors (Lipinski definition) is 2. The number of rotatable bonds is 6. The predicted octanol–water partition coefficient (Wildman–Crippen LogP) is 5.50. The first-order chi connectivity index (χ1) is 11.4. The highest BCUT2D eigenvalue weighted by Gasteiger charge is 2.38. The number of benzene rings is 2. The van der Waals surface area contributed by atoms with E-state index >= 15 is 0 Å². The molecule has 0 bridgehead atoms. The summed E-state index contributed by atoms with van der Waals surface area (Å²) in [6.45, 7) is 5.81. The molecule has 2 rings (SSSR count). The third-order valence-electron chi connectivity index (χ3n) is 3.93. The van der Waals surface area contributed by atoms with E-state index in [2.05, 4.69) is 5.32 Å². The van der Waals surface area contributed by atoms with Crippen molar-refractivity contribution in [2.24, 2.45) is 5.41 Å². The summed E-state index contributed by atoms with van der Waals surface area (Å²) in [4.78, 5) is 12.7. The van der Waals surface area contributed by atoms with Crippen LogP contribution in [0.1, 0.15) is 32.4 Å². The first kappa shape index (κ1) is 18.7. The average molecular weight is 364 g/mol. The van der Waals surface area contributed by atoms with Gasteiger partial charge in [-0.1, -0.05) is 54.6 Å². The standard InChI is InChI=1S/C19H22ClNO2S/c1-4-24-18(23)19(2,3)17(13-9-11-14(20)12-10-13)21-15-7-5-6-8-16(15)22/h5-12,17,21-22H,4H2,1-3H3/t17-/m1/s1. The number of carbonyl (C=O) groups excluding carboxylic acids is 1. The molecule has 128 valence electrons. The number of carbonyl (C=O) groups is 1. The van der Waals surface area contributed by atoms with Gasteiger partial charge >= 0.3 is 0 Å². The fraction of sp³-hybridized carbons (Fsp3) is 0.316. The second-order valence-corrected chi connectivity index (χ2v) is 7.76. The van der Waals surface area contributed by atoms with Gasteiger partial charge in [-0.3, -0.25) is 4.79 Å². The molecule has 0 saturated heterocycles. The Kier molecular flexibility index (Phi) is 6.19. The molecule has 24 heavy (non-hydrogen) atoms. The Morgan fingerprint density at radius 2 is 1.83 bits per heavy atom. The molecule has 0 radical (unpaired) electrons. The fourth-order valence-electron chi connectivity index (χ4n) is 2.52. The molecule has 0 aliphatic heterocycles. The van der Waals surface area contributed by atoms with E-state index in [0.29, 0.717) is 10.7 Å². The highest BCUT2D eigenvalue weighted by molar-refractivity contribution is 8.13. The van der Waals surface area contributed by atoms with E-state index in [1.807, 2.05) is 51.1 Å². The van der Waals surface area contributed by atoms with E-state index in [0.717, 1.165) is 11.3 Å². The van der Waals surface area contributed by atoms with Gasteiger partial charge in [0.1, 0.15) is 5.75 Å². The second kappa shape index (κ2) is 7.95. The van der Waals surface area contributed by atoms with E-state index in [1.54, 1.807) is 18.2 Å². The topological polar surface area (TPSA) is 49.3 Å². The summed E-state index contributed by atoms with van der Waals surface area (Å²) in [5.41, 5.74) is 0.870. The van der Waals surface area contributed by atoms with Crippen molar-refractivity contribution in [3.8, 4) is 5.75 Å². The molecule has 0 amide bonds. The molecule has 1 atom stereocenters. The lowest BCUT2D eigenvalue weighted by Gasteiger charge is -2.34. The Morgan fingerprint density at radius 1 is 1.21 bits per heavy atom. The van der Waals surface area contributed by atoms with Gasteiger partial charge in [-0.05, 0) is 49.4 Å². The van der Waals surface area contributed by atoms with Gasteiger partial charge < -0.3 is 10.4 Å².